The first kappa shape index (κ1) is 15.4. The minimum absolute atomic E-state index is 0.0906. The van der Waals surface area contributed by atoms with Crippen LogP contribution in [-0.4, -0.2) is 17.1 Å². The van der Waals surface area contributed by atoms with Crippen LogP contribution in [0.2, 0.25) is 0 Å². The van der Waals surface area contributed by atoms with Crippen molar-refractivity contribution in [2.24, 2.45) is 5.73 Å². The van der Waals surface area contributed by atoms with Gasteiger partial charge in [0.05, 0.1) is 5.56 Å². The maximum Gasteiger partial charge on any atom is 0.419 e. The van der Waals surface area contributed by atoms with E-state index in [9.17, 15) is 22.4 Å². The zero-order chi connectivity index (χ0) is 15.0. The van der Waals surface area contributed by atoms with Crippen molar-refractivity contribution in [2.75, 3.05) is 0 Å². The van der Waals surface area contributed by atoms with Crippen molar-refractivity contribution in [1.82, 2.24) is 0 Å². The van der Waals surface area contributed by atoms with E-state index >= 15 is 0 Å². The van der Waals surface area contributed by atoms with Gasteiger partial charge in [-0.25, -0.2) is 4.39 Å². The second-order valence-electron chi connectivity index (χ2n) is 4.73. The molecule has 0 aliphatic heterocycles. The van der Waals surface area contributed by atoms with Crippen LogP contribution in [0.5, 0.6) is 0 Å². The Labute approximate surface area is 107 Å². The molecule has 1 atom stereocenters. The molecule has 106 valence electrons. The lowest BCUT2D eigenvalue weighted by Crippen LogP contribution is -2.46. The highest BCUT2D eigenvalue weighted by atomic mass is 19.4. The van der Waals surface area contributed by atoms with Gasteiger partial charge >= 0.3 is 12.1 Å². The number of halogens is 4. The Morgan fingerprint density at radius 1 is 1.32 bits per heavy atom. The summed E-state index contributed by atoms with van der Waals surface area (Å²) in [4.78, 5) is 10.8. The van der Waals surface area contributed by atoms with Gasteiger partial charge in [0.2, 0.25) is 0 Å². The molecule has 3 N–H and O–H groups in total. The van der Waals surface area contributed by atoms with Crippen molar-refractivity contribution >= 4 is 5.97 Å². The first-order chi connectivity index (χ1) is 8.48. The number of carbonyl (C=O) groups is 1. The van der Waals surface area contributed by atoms with E-state index in [1.165, 1.54) is 13.8 Å². The molecule has 3 nitrogen and oxygen atoms in total. The SMILES string of the molecule is CC(C)(c1ccc(C(F)(F)F)c(F)c1)C(N)C(=O)O. The highest BCUT2D eigenvalue weighted by molar-refractivity contribution is 5.75. The number of nitrogens with two attached hydrogens (primary N) is 1. The van der Waals surface area contributed by atoms with E-state index in [1.807, 2.05) is 0 Å². The first-order valence-corrected chi connectivity index (χ1v) is 5.33. The molecule has 0 aliphatic rings. The summed E-state index contributed by atoms with van der Waals surface area (Å²) in [7, 11) is 0. The zero-order valence-corrected chi connectivity index (χ0v) is 10.3. The third-order valence-corrected chi connectivity index (χ3v) is 3.06. The Hall–Kier alpha value is -1.63. The van der Waals surface area contributed by atoms with E-state index in [1.54, 1.807) is 0 Å². The van der Waals surface area contributed by atoms with Crippen molar-refractivity contribution in [3.63, 3.8) is 0 Å². The standard InChI is InChI=1S/C12H13F4NO2/c1-11(2,9(17)10(18)19)6-3-4-7(8(13)5-6)12(14,15)16/h3-5,9H,17H2,1-2H3,(H,18,19). The second-order valence-corrected chi connectivity index (χ2v) is 4.73. The molecule has 0 aliphatic carbocycles. The third kappa shape index (κ3) is 3.04. The monoisotopic (exact) mass is 279 g/mol. The Bertz CT molecular complexity index is 497. The van der Waals surface area contributed by atoms with Gasteiger partial charge in [-0.2, -0.15) is 13.2 Å². The summed E-state index contributed by atoms with van der Waals surface area (Å²) < 4.78 is 50.6. The highest BCUT2D eigenvalue weighted by Gasteiger charge is 2.37. The highest BCUT2D eigenvalue weighted by Crippen LogP contribution is 2.34. The average molecular weight is 279 g/mol. The molecule has 0 spiro atoms. The van der Waals surface area contributed by atoms with Gasteiger partial charge in [0.1, 0.15) is 11.9 Å². The maximum atomic E-state index is 13.4. The summed E-state index contributed by atoms with van der Waals surface area (Å²) in [6.07, 6.45) is -4.79. The van der Waals surface area contributed by atoms with Gasteiger partial charge in [-0.3, -0.25) is 4.79 Å². The largest absolute Gasteiger partial charge is 0.480 e. The summed E-state index contributed by atoms with van der Waals surface area (Å²) in [6.45, 7) is 2.85. The normalized spacial score (nSPS) is 14.3. The van der Waals surface area contributed by atoms with Crippen LogP contribution in [0, 0.1) is 5.82 Å². The smallest absolute Gasteiger partial charge is 0.419 e. The third-order valence-electron chi connectivity index (χ3n) is 3.06. The predicted octanol–water partition coefficient (Wildman–Crippen LogP) is 2.53. The number of carboxylic acid groups (broad SMARTS) is 1. The molecule has 0 saturated carbocycles. The number of aliphatic carboxylic acids is 1. The maximum absolute atomic E-state index is 13.4. The molecule has 0 saturated heterocycles. The lowest BCUT2D eigenvalue weighted by atomic mass is 9.78. The van der Waals surface area contributed by atoms with Gasteiger partial charge in [0.15, 0.2) is 0 Å². The van der Waals surface area contributed by atoms with E-state index in [2.05, 4.69) is 0 Å². The van der Waals surface area contributed by atoms with E-state index in [-0.39, 0.29) is 5.56 Å². The van der Waals surface area contributed by atoms with Crippen LogP contribution in [0.4, 0.5) is 17.6 Å². The summed E-state index contributed by atoms with van der Waals surface area (Å²) in [5.41, 5.74) is 2.96. The lowest BCUT2D eigenvalue weighted by molar-refractivity contribution is -0.141. The molecule has 1 aromatic carbocycles. The van der Waals surface area contributed by atoms with Crippen LogP contribution < -0.4 is 5.73 Å². The summed E-state index contributed by atoms with van der Waals surface area (Å²) >= 11 is 0. The number of benzene rings is 1. The molecule has 0 amide bonds. The molecule has 0 fully saturated rings. The van der Waals surface area contributed by atoms with Crippen LogP contribution in [-0.2, 0) is 16.4 Å². The molecule has 1 aromatic rings. The molecule has 7 heteroatoms. The van der Waals surface area contributed by atoms with Gasteiger partial charge in [0.25, 0.3) is 0 Å². The average Bonchev–Trinajstić information content (AvgIpc) is 2.25. The Morgan fingerprint density at radius 3 is 2.21 bits per heavy atom. The molecule has 0 aromatic heterocycles. The molecule has 0 radical (unpaired) electrons. The topological polar surface area (TPSA) is 63.3 Å². The number of hydrogen-bond acceptors (Lipinski definition) is 2. The minimum Gasteiger partial charge on any atom is -0.480 e. The molecular weight excluding hydrogens is 266 g/mol. The van der Waals surface area contributed by atoms with Crippen molar-refractivity contribution in [3.05, 3.63) is 35.1 Å². The van der Waals surface area contributed by atoms with E-state index in [4.69, 9.17) is 10.8 Å². The fourth-order valence-electron chi connectivity index (χ4n) is 1.63. The quantitative estimate of drug-likeness (QED) is 0.836. The van der Waals surface area contributed by atoms with E-state index in [0.717, 1.165) is 6.07 Å². The second kappa shape index (κ2) is 4.80. The molecule has 0 bridgehead atoms. The van der Waals surface area contributed by atoms with Gasteiger partial charge < -0.3 is 10.8 Å². The summed E-state index contributed by atoms with van der Waals surface area (Å²) in [6, 6.07) is 0.935. The number of alkyl halides is 3. The molecule has 1 unspecified atom stereocenters. The van der Waals surface area contributed by atoms with Gasteiger partial charge in [-0.15, -0.1) is 0 Å². The Morgan fingerprint density at radius 2 is 1.84 bits per heavy atom. The van der Waals surface area contributed by atoms with Gasteiger partial charge in [-0.1, -0.05) is 19.9 Å². The Kier molecular flexibility index (Phi) is 3.90. The number of rotatable bonds is 3. The summed E-state index contributed by atoms with van der Waals surface area (Å²) in [5.74, 6) is -2.76. The minimum atomic E-state index is -4.79. The fraction of sp³-hybridized carbons (Fsp3) is 0.417. The van der Waals surface area contributed by atoms with Crippen molar-refractivity contribution < 1.29 is 27.5 Å². The van der Waals surface area contributed by atoms with E-state index in [0.29, 0.717) is 12.1 Å². The predicted molar refractivity (Wildman–Crippen MR) is 60.0 cm³/mol. The van der Waals surface area contributed by atoms with Gasteiger partial charge in [0, 0.05) is 5.41 Å². The summed E-state index contributed by atoms with van der Waals surface area (Å²) in [5, 5.41) is 8.83. The Balaban J connectivity index is 3.25. The number of hydrogen-bond donors (Lipinski definition) is 2. The molecule has 1 rings (SSSR count). The van der Waals surface area contributed by atoms with Crippen LogP contribution >= 0.6 is 0 Å². The first-order valence-electron chi connectivity index (χ1n) is 5.33. The van der Waals surface area contributed by atoms with Crippen LogP contribution in [0.15, 0.2) is 18.2 Å². The number of carboxylic acids is 1. The van der Waals surface area contributed by atoms with E-state index < -0.39 is 35.0 Å². The molecule has 19 heavy (non-hydrogen) atoms. The lowest BCUT2D eigenvalue weighted by Gasteiger charge is -2.29. The molecular formula is C12H13F4NO2. The van der Waals surface area contributed by atoms with Crippen LogP contribution in [0.25, 0.3) is 0 Å². The fourth-order valence-corrected chi connectivity index (χ4v) is 1.63. The van der Waals surface area contributed by atoms with Crippen LogP contribution in [0.1, 0.15) is 25.0 Å². The van der Waals surface area contributed by atoms with Crippen molar-refractivity contribution in [2.45, 2.75) is 31.5 Å². The zero-order valence-electron chi connectivity index (χ0n) is 10.3. The van der Waals surface area contributed by atoms with Crippen LogP contribution in [0.3, 0.4) is 0 Å². The molecule has 0 heterocycles. The van der Waals surface area contributed by atoms with Gasteiger partial charge in [-0.05, 0) is 17.7 Å². The van der Waals surface area contributed by atoms with Crippen molar-refractivity contribution in [1.29, 1.82) is 0 Å². The van der Waals surface area contributed by atoms with Crippen molar-refractivity contribution in [3.8, 4) is 0 Å².